The third-order valence-electron chi connectivity index (χ3n) is 2.36. The summed E-state index contributed by atoms with van der Waals surface area (Å²) >= 11 is 0. The molecule has 0 bridgehead atoms. The van der Waals surface area contributed by atoms with Gasteiger partial charge in [-0.25, -0.2) is 0 Å². The molecule has 0 amide bonds. The van der Waals surface area contributed by atoms with Crippen LogP contribution in [-0.4, -0.2) is 32.4 Å². The maximum absolute atomic E-state index is 9.29. The van der Waals surface area contributed by atoms with E-state index in [2.05, 4.69) is 25.7 Å². The minimum absolute atomic E-state index is 0.320. The van der Waals surface area contributed by atoms with Gasteiger partial charge in [0, 0.05) is 0 Å². The van der Waals surface area contributed by atoms with Crippen LogP contribution in [0, 0.1) is 11.3 Å². The number of nitrogens with zero attached hydrogens (tertiary/aromatic N) is 1. The Labute approximate surface area is 98.6 Å². The van der Waals surface area contributed by atoms with Gasteiger partial charge in [-0.3, -0.25) is 0 Å². The monoisotopic (exact) mass is 243 g/mol. The van der Waals surface area contributed by atoms with Gasteiger partial charge in [-0.15, -0.1) is 0 Å². The van der Waals surface area contributed by atoms with Gasteiger partial charge < -0.3 is 13.9 Å². The molecule has 1 rings (SSSR count). The van der Waals surface area contributed by atoms with Crippen LogP contribution in [0.2, 0.25) is 19.6 Å². The molecule has 0 N–H and O–H groups in total. The number of rotatable bonds is 3. The van der Waals surface area contributed by atoms with Crippen molar-refractivity contribution >= 4 is 8.32 Å². The Kier molecular flexibility index (Phi) is 3.51. The summed E-state index contributed by atoms with van der Waals surface area (Å²) in [6.45, 7) is 12.1. The van der Waals surface area contributed by atoms with Crippen LogP contribution in [0.1, 0.15) is 20.8 Å². The summed E-state index contributed by atoms with van der Waals surface area (Å²) in [5.74, 6) is -0.619. The van der Waals surface area contributed by atoms with Crippen LogP contribution in [0.5, 0.6) is 0 Å². The summed E-state index contributed by atoms with van der Waals surface area (Å²) in [5, 5.41) is 9.29. The third-order valence-corrected chi connectivity index (χ3v) is 3.40. The van der Waals surface area contributed by atoms with Crippen molar-refractivity contribution in [2.75, 3.05) is 6.61 Å². The zero-order valence-electron chi connectivity index (χ0n) is 11.0. The molecule has 2 atom stereocenters. The van der Waals surface area contributed by atoms with Crippen LogP contribution >= 0.6 is 0 Å². The van der Waals surface area contributed by atoms with Crippen LogP contribution in [0.3, 0.4) is 0 Å². The second-order valence-corrected chi connectivity index (χ2v) is 10.2. The third kappa shape index (κ3) is 3.29. The Bertz CT molecular complexity index is 305. The second kappa shape index (κ2) is 4.11. The first-order chi connectivity index (χ1) is 7.08. The van der Waals surface area contributed by atoms with Gasteiger partial charge in [-0.05, 0) is 40.4 Å². The van der Waals surface area contributed by atoms with Gasteiger partial charge in [0.05, 0.1) is 12.7 Å². The van der Waals surface area contributed by atoms with Crippen LogP contribution in [-0.2, 0) is 13.9 Å². The molecule has 0 saturated carbocycles. The van der Waals surface area contributed by atoms with E-state index in [1.165, 1.54) is 0 Å². The lowest BCUT2D eigenvalue weighted by atomic mass is 10.0. The predicted molar refractivity (Wildman–Crippen MR) is 63.4 cm³/mol. The Balaban J connectivity index is 2.79. The molecule has 92 valence electrons. The summed E-state index contributed by atoms with van der Waals surface area (Å²) < 4.78 is 17.1. The summed E-state index contributed by atoms with van der Waals surface area (Å²) in [5.41, 5.74) is -0.918. The van der Waals surface area contributed by atoms with Crippen LogP contribution in [0.15, 0.2) is 0 Å². The van der Waals surface area contributed by atoms with Crippen molar-refractivity contribution in [2.24, 2.45) is 0 Å². The summed E-state index contributed by atoms with van der Waals surface area (Å²) in [4.78, 5) is 0. The van der Waals surface area contributed by atoms with Gasteiger partial charge in [-0.1, -0.05) is 0 Å². The average molecular weight is 243 g/mol. The standard InChI is InChI=1S/C11H21NO3Si/c1-10(2)13-7-9(14-10)11(3,8-12)15-16(4,5)6/h9H,7H2,1-6H3/t9-,11?/m1/s1. The van der Waals surface area contributed by atoms with Crippen molar-refractivity contribution in [3.05, 3.63) is 0 Å². The van der Waals surface area contributed by atoms with Gasteiger partial charge in [0.1, 0.15) is 6.10 Å². The summed E-state index contributed by atoms with van der Waals surface area (Å²) in [6.07, 6.45) is -0.320. The first-order valence-electron chi connectivity index (χ1n) is 5.51. The maximum Gasteiger partial charge on any atom is 0.186 e. The molecular weight excluding hydrogens is 222 g/mol. The molecule has 1 fully saturated rings. The fourth-order valence-corrected chi connectivity index (χ4v) is 3.20. The Morgan fingerprint density at radius 1 is 1.44 bits per heavy atom. The van der Waals surface area contributed by atoms with Gasteiger partial charge >= 0.3 is 0 Å². The van der Waals surface area contributed by atoms with E-state index < -0.39 is 19.7 Å². The van der Waals surface area contributed by atoms with E-state index in [9.17, 15) is 5.26 Å². The molecule has 1 aliphatic heterocycles. The first kappa shape index (κ1) is 13.7. The maximum atomic E-state index is 9.29. The van der Waals surface area contributed by atoms with E-state index in [4.69, 9.17) is 13.9 Å². The minimum atomic E-state index is -1.79. The summed E-state index contributed by atoms with van der Waals surface area (Å²) in [7, 11) is -1.79. The molecule has 0 radical (unpaired) electrons. The van der Waals surface area contributed by atoms with E-state index in [-0.39, 0.29) is 6.10 Å². The second-order valence-electron chi connectivity index (χ2n) is 5.75. The lowest BCUT2D eigenvalue weighted by molar-refractivity contribution is -0.155. The molecule has 1 heterocycles. The molecule has 0 aromatic heterocycles. The topological polar surface area (TPSA) is 51.5 Å². The van der Waals surface area contributed by atoms with Gasteiger partial charge in [0.15, 0.2) is 19.7 Å². The molecule has 16 heavy (non-hydrogen) atoms. The quantitative estimate of drug-likeness (QED) is 0.714. The molecule has 1 unspecified atom stereocenters. The number of hydrogen-bond donors (Lipinski definition) is 0. The predicted octanol–water partition coefficient (Wildman–Crippen LogP) is 2.27. The lowest BCUT2D eigenvalue weighted by Crippen LogP contribution is -2.49. The van der Waals surface area contributed by atoms with E-state index in [1.807, 2.05) is 13.8 Å². The minimum Gasteiger partial charge on any atom is -0.398 e. The molecule has 0 aromatic carbocycles. The van der Waals surface area contributed by atoms with E-state index in [0.29, 0.717) is 6.61 Å². The van der Waals surface area contributed by atoms with Crippen LogP contribution in [0.4, 0.5) is 0 Å². The van der Waals surface area contributed by atoms with Crippen LogP contribution < -0.4 is 0 Å². The van der Waals surface area contributed by atoms with Gasteiger partial charge in [0.2, 0.25) is 0 Å². The Morgan fingerprint density at radius 2 is 2.00 bits per heavy atom. The van der Waals surface area contributed by atoms with Crippen molar-refractivity contribution in [1.82, 2.24) is 0 Å². The van der Waals surface area contributed by atoms with Gasteiger partial charge in [-0.2, -0.15) is 5.26 Å². The van der Waals surface area contributed by atoms with Crippen molar-refractivity contribution in [1.29, 1.82) is 5.26 Å². The fraction of sp³-hybridized carbons (Fsp3) is 0.909. The van der Waals surface area contributed by atoms with Crippen molar-refractivity contribution < 1.29 is 13.9 Å². The zero-order valence-corrected chi connectivity index (χ0v) is 12.0. The number of ether oxygens (including phenoxy) is 2. The SMILES string of the molecule is CC1(C)OC[C@H](C(C)(C#N)O[Si](C)(C)C)O1. The summed E-state index contributed by atoms with van der Waals surface area (Å²) in [6, 6.07) is 2.22. The Hall–Kier alpha value is -0.413. The lowest BCUT2D eigenvalue weighted by Gasteiger charge is -2.34. The molecule has 4 nitrogen and oxygen atoms in total. The molecule has 5 heteroatoms. The number of nitriles is 1. The largest absolute Gasteiger partial charge is 0.398 e. The Morgan fingerprint density at radius 3 is 2.31 bits per heavy atom. The van der Waals surface area contributed by atoms with Crippen LogP contribution in [0.25, 0.3) is 0 Å². The normalized spacial score (nSPS) is 28.4. The molecule has 0 aromatic rings. The van der Waals surface area contributed by atoms with E-state index in [0.717, 1.165) is 0 Å². The highest BCUT2D eigenvalue weighted by Crippen LogP contribution is 2.32. The van der Waals surface area contributed by atoms with Crippen molar-refractivity contribution in [3.63, 3.8) is 0 Å². The van der Waals surface area contributed by atoms with Crippen molar-refractivity contribution in [3.8, 4) is 6.07 Å². The fourth-order valence-electron chi connectivity index (χ4n) is 1.76. The molecule has 1 aliphatic rings. The highest BCUT2D eigenvalue weighted by atomic mass is 28.4. The van der Waals surface area contributed by atoms with Crippen molar-refractivity contribution in [2.45, 2.75) is 57.9 Å². The molecular formula is C11H21NO3Si. The zero-order chi connectivity index (χ0) is 12.6. The molecule has 0 aliphatic carbocycles. The highest BCUT2D eigenvalue weighted by molar-refractivity contribution is 6.69. The van der Waals surface area contributed by atoms with Gasteiger partial charge in [0.25, 0.3) is 0 Å². The van der Waals surface area contributed by atoms with E-state index in [1.54, 1.807) is 6.92 Å². The number of hydrogen-bond acceptors (Lipinski definition) is 4. The molecule has 1 saturated heterocycles. The first-order valence-corrected chi connectivity index (χ1v) is 8.92. The molecule has 0 spiro atoms. The highest BCUT2D eigenvalue weighted by Gasteiger charge is 2.47. The smallest absolute Gasteiger partial charge is 0.186 e. The van der Waals surface area contributed by atoms with E-state index >= 15 is 0 Å². The average Bonchev–Trinajstić information content (AvgIpc) is 2.43.